The van der Waals surface area contributed by atoms with Crippen LogP contribution in [0.25, 0.3) is 0 Å². The Morgan fingerprint density at radius 2 is 2.21 bits per heavy atom. The molecule has 0 aliphatic rings. The van der Waals surface area contributed by atoms with Crippen LogP contribution in [-0.2, 0) is 10.2 Å². The minimum absolute atomic E-state index is 0.143. The second-order valence-electron chi connectivity index (χ2n) is 2.85. The molecule has 0 amide bonds. The number of rotatable bonds is 4. The van der Waals surface area contributed by atoms with Gasteiger partial charge in [-0.05, 0) is 29.8 Å². The van der Waals surface area contributed by atoms with Gasteiger partial charge in [-0.3, -0.25) is 0 Å². The lowest BCUT2D eigenvalue weighted by Crippen LogP contribution is -2.35. The van der Waals surface area contributed by atoms with Crippen LogP contribution >= 0.6 is 27.3 Å². The van der Waals surface area contributed by atoms with Gasteiger partial charge in [-0.2, -0.15) is 13.1 Å². The van der Waals surface area contributed by atoms with Crippen molar-refractivity contribution in [2.24, 2.45) is 0 Å². The monoisotopic (exact) mass is 299 g/mol. The summed E-state index contributed by atoms with van der Waals surface area (Å²) in [7, 11) is -3.49. The van der Waals surface area contributed by atoms with E-state index in [9.17, 15) is 8.42 Å². The normalized spacial score (nSPS) is 12.0. The smallest absolute Gasteiger partial charge is 0.246 e. The zero-order valence-corrected chi connectivity index (χ0v) is 10.8. The van der Waals surface area contributed by atoms with Crippen LogP contribution in [0.1, 0.15) is 13.8 Å². The number of aromatic nitrogens is 1. The fraction of sp³-hybridized carbons (Fsp3) is 0.500. The van der Waals surface area contributed by atoms with Gasteiger partial charge in [-0.15, -0.1) is 0 Å². The van der Waals surface area contributed by atoms with E-state index in [0.29, 0.717) is 5.13 Å². The molecule has 1 rings (SSSR count). The molecule has 0 atom stereocenters. The Bertz CT molecular complexity index is 401. The van der Waals surface area contributed by atoms with Gasteiger partial charge in [0, 0.05) is 6.04 Å². The van der Waals surface area contributed by atoms with Crippen molar-refractivity contribution in [1.29, 1.82) is 0 Å². The maximum atomic E-state index is 11.3. The Morgan fingerprint density at radius 1 is 1.57 bits per heavy atom. The first-order valence-corrected chi connectivity index (χ1v) is 6.90. The van der Waals surface area contributed by atoms with Gasteiger partial charge in [0.2, 0.25) is 0 Å². The molecule has 0 bridgehead atoms. The van der Waals surface area contributed by atoms with E-state index in [0.717, 1.165) is 3.79 Å². The summed E-state index contributed by atoms with van der Waals surface area (Å²) in [5, 5.41) is 0.338. The highest BCUT2D eigenvalue weighted by atomic mass is 79.9. The van der Waals surface area contributed by atoms with E-state index in [-0.39, 0.29) is 6.04 Å². The van der Waals surface area contributed by atoms with Crippen molar-refractivity contribution in [3.63, 3.8) is 0 Å². The summed E-state index contributed by atoms with van der Waals surface area (Å²) in [6.45, 7) is 3.49. The van der Waals surface area contributed by atoms with E-state index >= 15 is 0 Å². The standard InChI is InChI=1S/C6H10BrN3O2S2/c1-4(2)9-14(11,12)10-6-8-3-5(7)13-6/h3-4,9H,1-2H3,(H,8,10). The van der Waals surface area contributed by atoms with Crippen molar-refractivity contribution in [3.05, 3.63) is 9.98 Å². The lowest BCUT2D eigenvalue weighted by atomic mass is 10.4. The summed E-state index contributed by atoms with van der Waals surface area (Å²) in [6, 6.07) is -0.143. The number of halogens is 1. The van der Waals surface area contributed by atoms with Crippen molar-refractivity contribution < 1.29 is 8.42 Å². The molecule has 80 valence electrons. The van der Waals surface area contributed by atoms with E-state index in [2.05, 4.69) is 30.4 Å². The molecule has 0 radical (unpaired) electrons. The predicted octanol–water partition coefficient (Wildman–Crippen LogP) is 1.56. The van der Waals surface area contributed by atoms with Crippen LogP contribution in [-0.4, -0.2) is 19.4 Å². The second-order valence-corrected chi connectivity index (χ2v) is 6.70. The minimum Gasteiger partial charge on any atom is -0.246 e. The summed E-state index contributed by atoms with van der Waals surface area (Å²) in [5.74, 6) is 0. The molecule has 8 heteroatoms. The van der Waals surface area contributed by atoms with E-state index in [4.69, 9.17) is 0 Å². The molecule has 14 heavy (non-hydrogen) atoms. The van der Waals surface area contributed by atoms with Crippen LogP contribution in [0.2, 0.25) is 0 Å². The van der Waals surface area contributed by atoms with Crippen LogP contribution in [0.4, 0.5) is 5.13 Å². The number of hydrogen-bond acceptors (Lipinski definition) is 4. The third-order valence-corrected chi connectivity index (χ3v) is 3.85. The highest BCUT2D eigenvalue weighted by Crippen LogP contribution is 2.23. The SMILES string of the molecule is CC(C)NS(=O)(=O)Nc1ncc(Br)s1. The van der Waals surface area contributed by atoms with Gasteiger partial charge < -0.3 is 0 Å². The van der Waals surface area contributed by atoms with Crippen LogP contribution < -0.4 is 9.44 Å². The van der Waals surface area contributed by atoms with E-state index in [1.165, 1.54) is 17.5 Å². The molecular weight excluding hydrogens is 290 g/mol. The van der Waals surface area contributed by atoms with Crippen molar-refractivity contribution >= 4 is 42.6 Å². The summed E-state index contributed by atoms with van der Waals surface area (Å²) >= 11 is 4.41. The van der Waals surface area contributed by atoms with Crippen LogP contribution in [0.3, 0.4) is 0 Å². The lowest BCUT2D eigenvalue weighted by molar-refractivity contribution is 0.575. The minimum atomic E-state index is -3.49. The molecule has 0 aromatic carbocycles. The quantitative estimate of drug-likeness (QED) is 0.886. The molecule has 0 aliphatic carbocycles. The molecule has 0 saturated heterocycles. The van der Waals surface area contributed by atoms with Crippen LogP contribution in [0, 0.1) is 0 Å². The number of thiazole rings is 1. The molecule has 0 unspecified atom stereocenters. The first-order chi connectivity index (χ1) is 6.39. The highest BCUT2D eigenvalue weighted by molar-refractivity contribution is 9.11. The molecule has 1 heterocycles. The van der Waals surface area contributed by atoms with E-state index in [1.54, 1.807) is 13.8 Å². The molecule has 5 nitrogen and oxygen atoms in total. The number of hydrogen-bond donors (Lipinski definition) is 2. The molecule has 0 spiro atoms. The Hall–Kier alpha value is -0.180. The Labute approximate surface area is 95.2 Å². The molecule has 0 fully saturated rings. The average molecular weight is 300 g/mol. The zero-order valence-electron chi connectivity index (χ0n) is 7.61. The van der Waals surface area contributed by atoms with Crippen molar-refractivity contribution in [1.82, 2.24) is 9.71 Å². The summed E-state index contributed by atoms with van der Waals surface area (Å²) in [5.41, 5.74) is 0. The van der Waals surface area contributed by atoms with Gasteiger partial charge in [0.1, 0.15) is 0 Å². The molecule has 1 aromatic heterocycles. The van der Waals surface area contributed by atoms with Crippen LogP contribution in [0.5, 0.6) is 0 Å². The van der Waals surface area contributed by atoms with Crippen molar-refractivity contribution in [2.75, 3.05) is 4.72 Å². The number of nitrogens with one attached hydrogen (secondary N) is 2. The maximum absolute atomic E-state index is 11.3. The summed E-state index contributed by atoms with van der Waals surface area (Å²) < 4.78 is 28.2. The Kier molecular flexibility index (Phi) is 3.87. The van der Waals surface area contributed by atoms with Gasteiger partial charge >= 0.3 is 10.2 Å². The molecule has 0 aliphatic heterocycles. The van der Waals surface area contributed by atoms with Gasteiger partial charge in [-0.1, -0.05) is 11.3 Å². The topological polar surface area (TPSA) is 71.1 Å². The fourth-order valence-electron chi connectivity index (χ4n) is 0.756. The molecule has 0 saturated carbocycles. The lowest BCUT2D eigenvalue weighted by Gasteiger charge is -2.08. The van der Waals surface area contributed by atoms with Gasteiger partial charge in [0.05, 0.1) is 9.98 Å². The second kappa shape index (κ2) is 4.56. The third-order valence-electron chi connectivity index (χ3n) is 1.09. The fourth-order valence-corrected chi connectivity index (χ4v) is 3.17. The predicted molar refractivity (Wildman–Crippen MR) is 60.6 cm³/mol. The van der Waals surface area contributed by atoms with Crippen molar-refractivity contribution in [3.8, 4) is 0 Å². The Morgan fingerprint density at radius 3 is 2.64 bits per heavy atom. The number of anilines is 1. The first-order valence-electron chi connectivity index (χ1n) is 3.80. The third kappa shape index (κ3) is 3.91. The molecular formula is C6H10BrN3O2S2. The average Bonchev–Trinajstić information content (AvgIpc) is 2.30. The van der Waals surface area contributed by atoms with Gasteiger partial charge in [0.25, 0.3) is 0 Å². The summed E-state index contributed by atoms with van der Waals surface area (Å²) in [4.78, 5) is 3.85. The highest BCUT2D eigenvalue weighted by Gasteiger charge is 2.12. The Balaban J connectivity index is 2.69. The zero-order chi connectivity index (χ0) is 10.8. The first kappa shape index (κ1) is 11.9. The van der Waals surface area contributed by atoms with Crippen molar-refractivity contribution in [2.45, 2.75) is 19.9 Å². The van der Waals surface area contributed by atoms with Gasteiger partial charge in [0.15, 0.2) is 5.13 Å². The maximum Gasteiger partial charge on any atom is 0.301 e. The number of nitrogens with zero attached hydrogens (tertiary/aromatic N) is 1. The molecule has 1 aromatic rings. The molecule has 2 N–H and O–H groups in total. The summed E-state index contributed by atoms with van der Waals surface area (Å²) in [6.07, 6.45) is 1.54. The van der Waals surface area contributed by atoms with E-state index in [1.807, 2.05) is 0 Å². The largest absolute Gasteiger partial charge is 0.301 e. The van der Waals surface area contributed by atoms with E-state index < -0.39 is 10.2 Å². The van der Waals surface area contributed by atoms with Gasteiger partial charge in [-0.25, -0.2) is 9.71 Å². The van der Waals surface area contributed by atoms with Crippen LogP contribution in [0.15, 0.2) is 9.98 Å².